The van der Waals surface area contributed by atoms with E-state index in [2.05, 4.69) is 37.9 Å². The fourth-order valence-electron chi connectivity index (χ4n) is 12.1. The van der Waals surface area contributed by atoms with Crippen molar-refractivity contribution < 1.29 is 76.6 Å². The molecular formula is C61H84FN7O16. The predicted octanol–water partition coefficient (Wildman–Crippen LogP) is 6.82. The van der Waals surface area contributed by atoms with Gasteiger partial charge in [0.05, 0.1) is 58.9 Å². The Kier molecular flexibility index (Phi) is 22.2. The molecular weight excluding hydrogens is 1110 g/mol. The minimum atomic E-state index is -1.55. The van der Waals surface area contributed by atoms with Crippen LogP contribution in [0.4, 0.5) is 20.6 Å². The number of likely N-dealkylation sites (N-methyl/N-ethyl adjacent to an activating group) is 1. The number of benzene rings is 1. The predicted molar refractivity (Wildman–Crippen MR) is 311 cm³/mol. The molecule has 1 amide bonds. The molecule has 1 aliphatic carbocycles. The van der Waals surface area contributed by atoms with Crippen LogP contribution in [0.25, 0.3) is 10.9 Å². The number of oxime groups is 1. The van der Waals surface area contributed by atoms with Crippen LogP contribution in [0.1, 0.15) is 136 Å². The van der Waals surface area contributed by atoms with Crippen molar-refractivity contribution in [3.63, 3.8) is 0 Å². The fraction of sp³-hybridized carbons (Fsp3) is 0.639. The first-order valence-corrected chi connectivity index (χ1v) is 29.3. The summed E-state index contributed by atoms with van der Waals surface area (Å²) in [6, 6.07) is 3.97. The fourth-order valence-corrected chi connectivity index (χ4v) is 12.1. The number of unbranched alkanes of at least 4 members (excludes halogenated alkanes) is 1. The first-order valence-electron chi connectivity index (χ1n) is 29.3. The number of cyclic esters (lactones) is 1. The molecule has 1 aromatic carbocycles. The Balaban J connectivity index is 1.12. The van der Waals surface area contributed by atoms with Crippen molar-refractivity contribution in [1.29, 1.82) is 0 Å². The molecule has 0 spiro atoms. The summed E-state index contributed by atoms with van der Waals surface area (Å²) in [5, 5.41) is 35.2. The summed E-state index contributed by atoms with van der Waals surface area (Å²) < 4.78 is 61.5. The van der Waals surface area contributed by atoms with Crippen molar-refractivity contribution in [2.45, 2.75) is 180 Å². The van der Waals surface area contributed by atoms with Crippen LogP contribution in [0.5, 0.6) is 0 Å². The van der Waals surface area contributed by atoms with Crippen molar-refractivity contribution >= 4 is 58.0 Å². The summed E-state index contributed by atoms with van der Waals surface area (Å²) in [4.78, 5) is 90.6. The number of anilines is 2. The molecule has 3 aromatic rings. The van der Waals surface area contributed by atoms with Crippen molar-refractivity contribution in [2.75, 3.05) is 58.1 Å². The number of aromatic carboxylic acids is 1. The van der Waals surface area contributed by atoms with Crippen LogP contribution in [0, 0.1) is 41.3 Å². The minimum absolute atomic E-state index is 0.00710. The lowest BCUT2D eigenvalue weighted by Crippen LogP contribution is -2.60. The zero-order chi connectivity index (χ0) is 62.1. The van der Waals surface area contributed by atoms with Crippen molar-refractivity contribution in [1.82, 2.24) is 19.8 Å². The van der Waals surface area contributed by atoms with Gasteiger partial charge in [0.15, 0.2) is 24.6 Å². The van der Waals surface area contributed by atoms with Gasteiger partial charge >= 0.3 is 24.1 Å². The SMILES string of the molecule is CC[C@H]1OC(=O)[C@H](C)[C@@H](OC(=O)CCNCCCCNc2cc3c(cc2F)c(=O)c(C(=O)O)cn3C2CC2)[C@H](C)[C@@H](O[C@@H]2O[C@H](C)C[C@H](N(C)C)[C@H]2O)[C@](C)(OC)C[C@@H](C)/C(=N\OCC#Cc2cncc(NC(C)=O)c2)[C@H](C)[C@H]2OC(=O)O[C@@]21C. The highest BCUT2D eigenvalue weighted by Gasteiger charge is 2.59. The molecule has 4 aliphatic rings. The Bertz CT molecular complexity index is 3050. The molecule has 14 atom stereocenters. The van der Waals surface area contributed by atoms with Gasteiger partial charge in [-0.2, -0.15) is 0 Å². The number of carbonyl (C=O) groups excluding carboxylic acids is 4. The van der Waals surface area contributed by atoms with Crippen LogP contribution in [-0.4, -0.2) is 168 Å². The number of fused-ring (bicyclic) bond motifs is 2. The van der Waals surface area contributed by atoms with Gasteiger partial charge in [0, 0.05) is 80.3 Å². The summed E-state index contributed by atoms with van der Waals surface area (Å²) in [5.41, 5.74) is -2.00. The zero-order valence-electron chi connectivity index (χ0n) is 50.7. The first-order chi connectivity index (χ1) is 40.3. The number of esters is 2. The second-order valence-electron chi connectivity index (χ2n) is 23.6. The first kappa shape index (κ1) is 65.8. The average Bonchev–Trinajstić information content (AvgIpc) is 3.66. The molecule has 0 bridgehead atoms. The van der Waals surface area contributed by atoms with Gasteiger partial charge < -0.3 is 73.6 Å². The molecule has 7 rings (SSSR count). The molecule has 24 heteroatoms. The quantitative estimate of drug-likeness (QED) is 0.0255. The molecule has 85 heavy (non-hydrogen) atoms. The van der Waals surface area contributed by atoms with Gasteiger partial charge in [-0.3, -0.25) is 24.2 Å². The molecule has 5 heterocycles. The Morgan fingerprint density at radius 1 is 1.00 bits per heavy atom. The number of carboxylic acid groups (broad SMARTS) is 1. The third-order valence-corrected chi connectivity index (χ3v) is 16.7. The summed E-state index contributed by atoms with van der Waals surface area (Å²) in [6.45, 7) is 16.5. The lowest BCUT2D eigenvalue weighted by atomic mass is 9.73. The molecule has 5 N–H and O–H groups in total. The number of rotatable bonds is 20. The van der Waals surface area contributed by atoms with Gasteiger partial charge in [0.2, 0.25) is 11.3 Å². The number of hydrogen-bond acceptors (Lipinski definition) is 20. The summed E-state index contributed by atoms with van der Waals surface area (Å²) >= 11 is 0. The monoisotopic (exact) mass is 1190 g/mol. The van der Waals surface area contributed by atoms with Crippen LogP contribution in [-0.2, 0) is 52.4 Å². The third kappa shape index (κ3) is 15.8. The Morgan fingerprint density at radius 2 is 1.73 bits per heavy atom. The maximum atomic E-state index is 15.3. The molecule has 3 saturated heterocycles. The van der Waals surface area contributed by atoms with E-state index in [0.717, 1.165) is 18.9 Å². The number of aliphatic hydroxyl groups excluding tert-OH is 1. The Labute approximate surface area is 495 Å². The number of nitrogens with one attached hydrogen (secondary N) is 3. The summed E-state index contributed by atoms with van der Waals surface area (Å²) in [6.07, 6.45) is -0.190. The van der Waals surface area contributed by atoms with E-state index < -0.39 is 113 Å². The lowest BCUT2D eigenvalue weighted by Gasteiger charge is -2.48. The normalized spacial score (nSPS) is 30.5. The number of aromatic nitrogens is 2. The van der Waals surface area contributed by atoms with Crippen LogP contribution in [0.3, 0.4) is 0 Å². The number of ether oxygens (including phenoxy) is 7. The second kappa shape index (κ2) is 28.6. The molecule has 466 valence electrons. The summed E-state index contributed by atoms with van der Waals surface area (Å²) in [5.74, 6) is -1.15. The van der Waals surface area contributed by atoms with E-state index in [0.29, 0.717) is 54.8 Å². The number of carbonyl (C=O) groups is 5. The van der Waals surface area contributed by atoms with E-state index in [1.807, 2.05) is 46.7 Å². The standard InChI is InChI=1S/C61H84FN7O16/c1-13-48-61(9)55(84-59(77)85-61)35(4)50(67-79-24-16-17-39-26-40(31-64-30-39)66-38(7)70)33(2)29-60(8,78-12)54(83-58-52(73)47(68(10)11)25-34(3)80-58)36(5)53(37(6)57(76)81-48)82-49(71)20-23-63-21-14-15-22-65-45-28-46-42(27-44(45)62)51(72)43(56(74)75)32-69(46)41-18-19-41/h26-28,30-37,41,47-48,52-55,58,63,65,73H,13-15,18-25,29H2,1-12H3,(H,66,70)(H,74,75)/b67-50+/t33-,34-,35+,36+,37-,47+,48-,52-,53+,54-,55-,58+,60-,61-/m1/s1. The number of methoxy groups -OCH3 is 1. The second-order valence-corrected chi connectivity index (χ2v) is 23.6. The van der Waals surface area contributed by atoms with E-state index >= 15 is 4.39 Å². The lowest BCUT2D eigenvalue weighted by molar-refractivity contribution is -0.301. The molecule has 23 nitrogen and oxygen atoms in total. The molecule has 2 aromatic heterocycles. The highest BCUT2D eigenvalue weighted by atomic mass is 19.1. The summed E-state index contributed by atoms with van der Waals surface area (Å²) in [7, 11) is 5.22. The highest BCUT2D eigenvalue weighted by molar-refractivity contribution is 5.94. The number of amides is 1. The third-order valence-electron chi connectivity index (χ3n) is 16.7. The average molecular weight is 1190 g/mol. The van der Waals surface area contributed by atoms with Gasteiger partial charge in [-0.15, -0.1) is 0 Å². The van der Waals surface area contributed by atoms with Gasteiger partial charge in [-0.1, -0.05) is 44.7 Å². The van der Waals surface area contributed by atoms with E-state index in [1.54, 1.807) is 44.4 Å². The number of pyridine rings is 2. The Morgan fingerprint density at radius 3 is 2.40 bits per heavy atom. The molecule has 0 unspecified atom stereocenters. The molecule has 1 saturated carbocycles. The largest absolute Gasteiger partial charge is 0.509 e. The van der Waals surface area contributed by atoms with Gasteiger partial charge in [0.25, 0.3) is 0 Å². The maximum Gasteiger partial charge on any atom is 0.509 e. The number of halogens is 1. The molecule has 4 fully saturated rings. The van der Waals surface area contributed by atoms with Gasteiger partial charge in [-0.25, -0.2) is 14.0 Å². The van der Waals surface area contributed by atoms with E-state index in [1.165, 1.54) is 32.6 Å². The van der Waals surface area contributed by atoms with Crippen LogP contribution in [0.15, 0.2) is 46.7 Å². The van der Waals surface area contributed by atoms with Gasteiger partial charge in [0.1, 0.15) is 29.7 Å². The molecule has 0 radical (unpaired) electrons. The zero-order valence-corrected chi connectivity index (χ0v) is 50.7. The highest BCUT2D eigenvalue weighted by Crippen LogP contribution is 2.44. The number of aliphatic hydroxyl groups is 1. The van der Waals surface area contributed by atoms with Gasteiger partial charge in [-0.05, 0) is 111 Å². The van der Waals surface area contributed by atoms with E-state index in [9.17, 15) is 39.0 Å². The topological polar surface area (TPSA) is 286 Å². The van der Waals surface area contributed by atoms with Crippen molar-refractivity contribution in [3.8, 4) is 11.8 Å². The van der Waals surface area contributed by atoms with E-state index in [-0.39, 0.29) is 67.6 Å². The van der Waals surface area contributed by atoms with Crippen LogP contribution in [0.2, 0.25) is 0 Å². The Hall–Kier alpha value is -6.75. The maximum absolute atomic E-state index is 15.3. The van der Waals surface area contributed by atoms with Crippen molar-refractivity contribution in [3.05, 3.63) is 64.0 Å². The minimum Gasteiger partial charge on any atom is -0.477 e. The molecule has 3 aliphatic heterocycles. The van der Waals surface area contributed by atoms with Crippen LogP contribution < -0.4 is 21.4 Å². The van der Waals surface area contributed by atoms with Crippen LogP contribution >= 0.6 is 0 Å². The van der Waals surface area contributed by atoms with Crippen molar-refractivity contribution in [2.24, 2.45) is 28.8 Å². The smallest absolute Gasteiger partial charge is 0.477 e. The van der Waals surface area contributed by atoms with E-state index in [4.69, 9.17) is 38.0 Å². The number of hydrogen-bond donors (Lipinski definition) is 5. The number of nitrogens with zero attached hydrogens (tertiary/aromatic N) is 4. The number of carboxylic acids is 1.